The van der Waals surface area contributed by atoms with Crippen LogP contribution in [-0.2, 0) is 4.74 Å². The Morgan fingerprint density at radius 3 is 3.00 bits per heavy atom. The van der Waals surface area contributed by atoms with E-state index in [9.17, 15) is 5.11 Å². The third kappa shape index (κ3) is 2.80. The Balaban J connectivity index is 2.33. The Morgan fingerprint density at radius 1 is 1.58 bits per heavy atom. The van der Waals surface area contributed by atoms with Gasteiger partial charge in [0.25, 0.3) is 0 Å². The third-order valence-corrected chi connectivity index (χ3v) is 2.12. The van der Waals surface area contributed by atoms with Crippen molar-refractivity contribution < 1.29 is 9.84 Å². The second kappa shape index (κ2) is 5.12. The van der Waals surface area contributed by atoms with Gasteiger partial charge in [0.15, 0.2) is 0 Å². The van der Waals surface area contributed by atoms with Crippen molar-refractivity contribution in [3.8, 4) is 0 Å². The largest absolute Gasteiger partial charge is 0.389 e. The molecule has 2 unspecified atom stereocenters. The lowest BCUT2D eigenvalue weighted by Crippen LogP contribution is -2.27. The number of hydrogen-bond acceptors (Lipinski definition) is 2. The van der Waals surface area contributed by atoms with Crippen molar-refractivity contribution >= 4 is 0 Å². The number of aliphatic hydroxyl groups excluding tert-OH is 1. The smallest absolute Gasteiger partial charge is 0.0774 e. The van der Waals surface area contributed by atoms with Gasteiger partial charge in [0.1, 0.15) is 0 Å². The highest BCUT2D eigenvalue weighted by atomic mass is 16.5. The van der Waals surface area contributed by atoms with Crippen molar-refractivity contribution in [2.45, 2.75) is 18.9 Å². The highest BCUT2D eigenvalue weighted by molar-refractivity contribution is 5.02. The van der Waals surface area contributed by atoms with Crippen molar-refractivity contribution in [1.29, 1.82) is 0 Å². The average molecular weight is 168 g/mol. The number of hydrogen-bond donors (Lipinski definition) is 1. The number of allylic oxidation sites excluding steroid dienone is 2. The second-order valence-corrected chi connectivity index (χ2v) is 3.09. The van der Waals surface area contributed by atoms with Crippen LogP contribution in [0.5, 0.6) is 0 Å². The van der Waals surface area contributed by atoms with Gasteiger partial charge in [-0.2, -0.15) is 0 Å². The van der Waals surface area contributed by atoms with Gasteiger partial charge in [0.2, 0.25) is 0 Å². The van der Waals surface area contributed by atoms with Crippen LogP contribution in [0.2, 0.25) is 0 Å². The molecule has 1 aliphatic rings. The molecular formula is C10H16O2. The Labute approximate surface area is 73.5 Å². The maximum Gasteiger partial charge on any atom is 0.0774 e. The fourth-order valence-electron chi connectivity index (χ4n) is 1.38. The van der Waals surface area contributed by atoms with Crippen LogP contribution in [0.25, 0.3) is 0 Å². The summed E-state index contributed by atoms with van der Waals surface area (Å²) >= 11 is 0. The Bertz CT molecular complexity index is 157. The molecule has 2 nitrogen and oxygen atoms in total. The molecule has 0 aromatic heterocycles. The molecule has 1 heterocycles. The van der Waals surface area contributed by atoms with Gasteiger partial charge in [-0.15, -0.1) is 0 Å². The lowest BCUT2D eigenvalue weighted by Gasteiger charge is -2.24. The van der Waals surface area contributed by atoms with Gasteiger partial charge in [-0.1, -0.05) is 24.8 Å². The van der Waals surface area contributed by atoms with Gasteiger partial charge in [0.05, 0.1) is 12.7 Å². The van der Waals surface area contributed by atoms with Gasteiger partial charge in [-0.25, -0.2) is 0 Å². The molecule has 0 bridgehead atoms. The van der Waals surface area contributed by atoms with Crippen molar-refractivity contribution in [1.82, 2.24) is 0 Å². The van der Waals surface area contributed by atoms with Crippen LogP contribution in [0.1, 0.15) is 12.8 Å². The minimum Gasteiger partial charge on any atom is -0.389 e. The number of ether oxygens (including phenoxy) is 1. The van der Waals surface area contributed by atoms with Crippen LogP contribution in [-0.4, -0.2) is 24.4 Å². The first-order valence-corrected chi connectivity index (χ1v) is 4.39. The van der Waals surface area contributed by atoms with Crippen molar-refractivity contribution in [3.63, 3.8) is 0 Å². The molecule has 0 aromatic carbocycles. The van der Waals surface area contributed by atoms with E-state index in [1.54, 1.807) is 18.2 Å². The van der Waals surface area contributed by atoms with Crippen LogP contribution in [0.4, 0.5) is 0 Å². The first-order valence-electron chi connectivity index (χ1n) is 4.39. The molecule has 1 aliphatic heterocycles. The zero-order valence-electron chi connectivity index (χ0n) is 7.28. The molecule has 12 heavy (non-hydrogen) atoms. The molecule has 1 N–H and O–H groups in total. The molecule has 0 spiro atoms. The van der Waals surface area contributed by atoms with Gasteiger partial charge in [-0.05, 0) is 12.8 Å². The monoisotopic (exact) mass is 168 g/mol. The summed E-state index contributed by atoms with van der Waals surface area (Å²) in [6.07, 6.45) is 6.97. The summed E-state index contributed by atoms with van der Waals surface area (Å²) in [5, 5.41) is 9.59. The van der Waals surface area contributed by atoms with E-state index in [-0.39, 0.29) is 12.0 Å². The molecule has 2 atom stereocenters. The van der Waals surface area contributed by atoms with E-state index in [4.69, 9.17) is 4.74 Å². The summed E-state index contributed by atoms with van der Waals surface area (Å²) in [6.45, 7) is 5.07. The third-order valence-electron chi connectivity index (χ3n) is 2.12. The van der Waals surface area contributed by atoms with E-state index >= 15 is 0 Å². The van der Waals surface area contributed by atoms with Crippen molar-refractivity contribution in [2.75, 3.05) is 13.2 Å². The molecule has 2 heteroatoms. The standard InChI is InChI=1S/C10H16O2/c1-2-3-6-10(11)9-5-4-7-12-8-9/h2-3,6,9-11H,1,4-5,7-8H2. The molecule has 1 fully saturated rings. The summed E-state index contributed by atoms with van der Waals surface area (Å²) in [7, 11) is 0. The minimum absolute atomic E-state index is 0.273. The summed E-state index contributed by atoms with van der Waals surface area (Å²) in [5.41, 5.74) is 0. The number of rotatable bonds is 3. The molecule has 0 amide bonds. The fraction of sp³-hybridized carbons (Fsp3) is 0.600. The van der Waals surface area contributed by atoms with Crippen LogP contribution in [0.3, 0.4) is 0 Å². The highest BCUT2D eigenvalue weighted by Crippen LogP contribution is 2.17. The van der Waals surface area contributed by atoms with Crippen LogP contribution >= 0.6 is 0 Å². The predicted molar refractivity (Wildman–Crippen MR) is 48.9 cm³/mol. The summed E-state index contributed by atoms with van der Waals surface area (Å²) in [5.74, 6) is 0.273. The summed E-state index contributed by atoms with van der Waals surface area (Å²) < 4.78 is 5.26. The SMILES string of the molecule is C=CC=CC(O)C1CCCOC1. The fourth-order valence-corrected chi connectivity index (χ4v) is 1.38. The molecule has 1 saturated heterocycles. The Hall–Kier alpha value is -0.600. The summed E-state index contributed by atoms with van der Waals surface area (Å²) in [4.78, 5) is 0. The maximum absolute atomic E-state index is 9.59. The zero-order valence-corrected chi connectivity index (χ0v) is 7.28. The van der Waals surface area contributed by atoms with E-state index in [1.807, 2.05) is 0 Å². The van der Waals surface area contributed by atoms with Gasteiger partial charge < -0.3 is 9.84 Å². The number of aliphatic hydroxyl groups is 1. The lowest BCUT2D eigenvalue weighted by molar-refractivity contribution is 0.00798. The molecule has 0 aliphatic carbocycles. The van der Waals surface area contributed by atoms with Crippen molar-refractivity contribution in [2.24, 2.45) is 5.92 Å². The average Bonchev–Trinajstić information content (AvgIpc) is 2.15. The Kier molecular flexibility index (Phi) is 4.05. The van der Waals surface area contributed by atoms with E-state index in [2.05, 4.69) is 6.58 Å². The normalized spacial score (nSPS) is 27.2. The van der Waals surface area contributed by atoms with E-state index in [0.29, 0.717) is 6.61 Å². The van der Waals surface area contributed by atoms with Crippen LogP contribution in [0, 0.1) is 5.92 Å². The molecule has 0 saturated carbocycles. The van der Waals surface area contributed by atoms with E-state index in [1.165, 1.54) is 0 Å². The van der Waals surface area contributed by atoms with Gasteiger partial charge in [-0.3, -0.25) is 0 Å². The molecule has 1 rings (SSSR count). The van der Waals surface area contributed by atoms with Gasteiger partial charge in [0, 0.05) is 12.5 Å². The Morgan fingerprint density at radius 2 is 2.42 bits per heavy atom. The molecular weight excluding hydrogens is 152 g/mol. The summed E-state index contributed by atoms with van der Waals surface area (Å²) in [6, 6.07) is 0. The zero-order chi connectivity index (χ0) is 8.81. The van der Waals surface area contributed by atoms with E-state index in [0.717, 1.165) is 19.4 Å². The molecule has 0 aromatic rings. The van der Waals surface area contributed by atoms with E-state index < -0.39 is 0 Å². The maximum atomic E-state index is 9.59. The van der Waals surface area contributed by atoms with Crippen LogP contribution in [0.15, 0.2) is 24.8 Å². The predicted octanol–water partition coefficient (Wildman–Crippen LogP) is 1.52. The molecule has 68 valence electrons. The second-order valence-electron chi connectivity index (χ2n) is 3.09. The lowest BCUT2D eigenvalue weighted by atomic mass is 9.96. The molecule has 0 radical (unpaired) electrons. The topological polar surface area (TPSA) is 29.5 Å². The quantitative estimate of drug-likeness (QED) is 0.647. The van der Waals surface area contributed by atoms with Crippen molar-refractivity contribution in [3.05, 3.63) is 24.8 Å². The van der Waals surface area contributed by atoms with Gasteiger partial charge >= 0.3 is 0 Å². The first kappa shape index (κ1) is 9.49. The highest BCUT2D eigenvalue weighted by Gasteiger charge is 2.19. The minimum atomic E-state index is -0.372. The first-order chi connectivity index (χ1) is 5.84. The van der Waals surface area contributed by atoms with Crippen LogP contribution < -0.4 is 0 Å².